The van der Waals surface area contributed by atoms with E-state index in [-0.39, 0.29) is 11.3 Å². The zero-order valence-electron chi connectivity index (χ0n) is 9.38. The molecule has 0 fully saturated rings. The van der Waals surface area contributed by atoms with E-state index < -0.39 is 23.4 Å². The van der Waals surface area contributed by atoms with Crippen LogP contribution in [0.1, 0.15) is 10.4 Å². The Morgan fingerprint density at radius 3 is 2.21 bits per heavy atom. The van der Waals surface area contributed by atoms with Crippen LogP contribution in [-0.4, -0.2) is 5.91 Å². The highest BCUT2D eigenvalue weighted by Crippen LogP contribution is 2.20. The molecule has 0 aliphatic rings. The minimum Gasteiger partial charge on any atom is -0.319 e. The summed E-state index contributed by atoms with van der Waals surface area (Å²) >= 11 is 3.07. The smallest absolute Gasteiger partial charge is 0.255 e. The van der Waals surface area contributed by atoms with Crippen molar-refractivity contribution in [3.8, 4) is 0 Å². The molecule has 0 saturated carbocycles. The molecule has 19 heavy (non-hydrogen) atoms. The van der Waals surface area contributed by atoms with Gasteiger partial charge in [-0.25, -0.2) is 13.2 Å². The number of anilines is 1. The van der Waals surface area contributed by atoms with Crippen molar-refractivity contribution in [1.29, 1.82) is 0 Å². The molecule has 2 nitrogen and oxygen atoms in total. The third kappa shape index (κ3) is 3.35. The summed E-state index contributed by atoms with van der Waals surface area (Å²) in [6.07, 6.45) is 0. The summed E-state index contributed by atoms with van der Waals surface area (Å²) in [7, 11) is 0. The van der Waals surface area contributed by atoms with Crippen LogP contribution in [0.4, 0.5) is 18.9 Å². The molecule has 0 spiro atoms. The maximum absolute atomic E-state index is 13.5. The fraction of sp³-hybridized carbons (Fsp3) is 0. The van der Waals surface area contributed by atoms with Gasteiger partial charge in [0, 0.05) is 16.1 Å². The van der Waals surface area contributed by atoms with E-state index in [1.165, 1.54) is 18.2 Å². The van der Waals surface area contributed by atoms with Gasteiger partial charge in [-0.15, -0.1) is 0 Å². The van der Waals surface area contributed by atoms with Crippen molar-refractivity contribution in [1.82, 2.24) is 0 Å². The van der Waals surface area contributed by atoms with Gasteiger partial charge in [-0.3, -0.25) is 4.79 Å². The van der Waals surface area contributed by atoms with Crippen LogP contribution in [0, 0.1) is 17.5 Å². The van der Waals surface area contributed by atoms with Gasteiger partial charge in [0.25, 0.3) is 5.91 Å². The van der Waals surface area contributed by atoms with E-state index >= 15 is 0 Å². The number of carbonyl (C=O) groups is 1. The predicted molar refractivity (Wildman–Crippen MR) is 68.4 cm³/mol. The van der Waals surface area contributed by atoms with E-state index in [2.05, 4.69) is 21.2 Å². The van der Waals surface area contributed by atoms with Gasteiger partial charge >= 0.3 is 0 Å². The molecule has 0 aliphatic carbocycles. The summed E-state index contributed by atoms with van der Waals surface area (Å²) in [5.41, 5.74) is -0.294. The molecule has 0 unspecified atom stereocenters. The standard InChI is InChI=1S/C13H7BrF3NO/c14-8-1-2-12(11(17)5-8)18-13(19)7-3-9(15)6-10(16)4-7/h1-6H,(H,18,19). The van der Waals surface area contributed by atoms with E-state index in [1.54, 1.807) is 0 Å². The van der Waals surface area contributed by atoms with Crippen molar-refractivity contribution >= 4 is 27.5 Å². The van der Waals surface area contributed by atoms with Crippen LogP contribution in [0.2, 0.25) is 0 Å². The van der Waals surface area contributed by atoms with E-state index in [9.17, 15) is 18.0 Å². The Hall–Kier alpha value is -1.82. The van der Waals surface area contributed by atoms with Gasteiger partial charge in [0.15, 0.2) is 0 Å². The minimum absolute atomic E-state index is 0.0714. The lowest BCUT2D eigenvalue weighted by Gasteiger charge is -2.07. The average Bonchev–Trinajstić information content (AvgIpc) is 2.31. The summed E-state index contributed by atoms with van der Waals surface area (Å²) in [5, 5.41) is 2.24. The Kier molecular flexibility index (Phi) is 3.90. The first-order valence-electron chi connectivity index (χ1n) is 5.18. The number of hydrogen-bond acceptors (Lipinski definition) is 1. The second-order valence-electron chi connectivity index (χ2n) is 3.74. The van der Waals surface area contributed by atoms with Crippen molar-refractivity contribution in [2.24, 2.45) is 0 Å². The quantitative estimate of drug-likeness (QED) is 0.882. The van der Waals surface area contributed by atoms with Crippen molar-refractivity contribution in [2.75, 3.05) is 5.32 Å². The molecule has 0 aromatic heterocycles. The lowest BCUT2D eigenvalue weighted by molar-refractivity contribution is 0.102. The summed E-state index contributed by atoms with van der Waals surface area (Å²) < 4.78 is 39.9. The van der Waals surface area contributed by atoms with Crippen LogP contribution in [-0.2, 0) is 0 Å². The van der Waals surface area contributed by atoms with Crippen molar-refractivity contribution in [2.45, 2.75) is 0 Å². The van der Waals surface area contributed by atoms with Gasteiger partial charge < -0.3 is 5.32 Å². The normalized spacial score (nSPS) is 10.3. The predicted octanol–water partition coefficient (Wildman–Crippen LogP) is 4.12. The van der Waals surface area contributed by atoms with Gasteiger partial charge in [0.2, 0.25) is 0 Å². The molecule has 0 saturated heterocycles. The summed E-state index contributed by atoms with van der Waals surface area (Å²) in [4.78, 5) is 11.7. The number of benzene rings is 2. The number of amides is 1. The number of carbonyl (C=O) groups excluding carboxylic acids is 1. The summed E-state index contributed by atoms with van der Waals surface area (Å²) in [6.45, 7) is 0. The van der Waals surface area contributed by atoms with Crippen molar-refractivity contribution in [3.63, 3.8) is 0 Å². The Morgan fingerprint density at radius 1 is 1.00 bits per heavy atom. The van der Waals surface area contributed by atoms with E-state index in [1.807, 2.05) is 0 Å². The molecule has 0 radical (unpaired) electrons. The molecular weight excluding hydrogens is 323 g/mol. The first kappa shape index (κ1) is 13.6. The highest BCUT2D eigenvalue weighted by molar-refractivity contribution is 9.10. The third-order valence-corrected chi connectivity index (χ3v) is 2.80. The SMILES string of the molecule is O=C(Nc1ccc(Br)cc1F)c1cc(F)cc(F)c1. The van der Waals surface area contributed by atoms with Crippen LogP contribution in [0.25, 0.3) is 0 Å². The molecule has 2 aromatic carbocycles. The first-order chi connectivity index (χ1) is 8.95. The molecule has 1 N–H and O–H groups in total. The van der Waals surface area contributed by atoms with E-state index in [0.717, 1.165) is 12.1 Å². The fourth-order valence-electron chi connectivity index (χ4n) is 1.47. The molecule has 2 aromatic rings. The highest BCUT2D eigenvalue weighted by Gasteiger charge is 2.12. The summed E-state index contributed by atoms with van der Waals surface area (Å²) in [5.74, 6) is -3.19. The monoisotopic (exact) mass is 329 g/mol. The molecule has 0 bridgehead atoms. The van der Waals surface area contributed by atoms with Gasteiger partial charge in [-0.1, -0.05) is 15.9 Å². The van der Waals surface area contributed by atoms with Crippen LogP contribution in [0.3, 0.4) is 0 Å². The van der Waals surface area contributed by atoms with Crippen molar-refractivity contribution < 1.29 is 18.0 Å². The number of hydrogen-bond donors (Lipinski definition) is 1. The maximum atomic E-state index is 13.5. The molecule has 2 rings (SSSR count). The molecule has 98 valence electrons. The Labute approximate surface area is 115 Å². The molecule has 6 heteroatoms. The minimum atomic E-state index is -0.874. The number of rotatable bonds is 2. The third-order valence-electron chi connectivity index (χ3n) is 2.30. The van der Waals surface area contributed by atoms with Crippen LogP contribution >= 0.6 is 15.9 Å². The van der Waals surface area contributed by atoms with Crippen molar-refractivity contribution in [3.05, 3.63) is 63.9 Å². The molecule has 1 amide bonds. The number of nitrogens with one attached hydrogen (secondary N) is 1. The molecule has 0 heterocycles. The number of halogens is 4. The maximum Gasteiger partial charge on any atom is 0.255 e. The Balaban J connectivity index is 2.25. The fourth-order valence-corrected chi connectivity index (χ4v) is 1.80. The van der Waals surface area contributed by atoms with Crippen LogP contribution in [0.15, 0.2) is 40.9 Å². The van der Waals surface area contributed by atoms with Gasteiger partial charge in [0.1, 0.15) is 17.5 Å². The molecular formula is C13H7BrF3NO. The lowest BCUT2D eigenvalue weighted by Crippen LogP contribution is -2.13. The average molecular weight is 330 g/mol. The van der Waals surface area contributed by atoms with E-state index in [0.29, 0.717) is 10.5 Å². The Bertz CT molecular complexity index is 626. The first-order valence-corrected chi connectivity index (χ1v) is 5.97. The molecule has 0 aliphatic heterocycles. The van der Waals surface area contributed by atoms with Crippen LogP contribution in [0.5, 0.6) is 0 Å². The van der Waals surface area contributed by atoms with Gasteiger partial charge in [0.05, 0.1) is 5.69 Å². The van der Waals surface area contributed by atoms with E-state index in [4.69, 9.17) is 0 Å². The Morgan fingerprint density at radius 2 is 1.63 bits per heavy atom. The lowest BCUT2D eigenvalue weighted by atomic mass is 10.2. The zero-order chi connectivity index (χ0) is 14.0. The zero-order valence-corrected chi connectivity index (χ0v) is 11.0. The van der Waals surface area contributed by atoms with Gasteiger partial charge in [-0.2, -0.15) is 0 Å². The van der Waals surface area contributed by atoms with Gasteiger partial charge in [-0.05, 0) is 30.3 Å². The second kappa shape index (κ2) is 5.44. The molecule has 0 atom stereocenters. The largest absolute Gasteiger partial charge is 0.319 e. The summed E-state index contributed by atoms with van der Waals surface area (Å²) in [6, 6.07) is 6.43. The van der Waals surface area contributed by atoms with Crippen LogP contribution < -0.4 is 5.32 Å². The highest BCUT2D eigenvalue weighted by atomic mass is 79.9. The second-order valence-corrected chi connectivity index (χ2v) is 4.65. The topological polar surface area (TPSA) is 29.1 Å².